The Kier molecular flexibility index (Phi) is 5.19. The van der Waals surface area contributed by atoms with E-state index >= 15 is 0 Å². The van der Waals surface area contributed by atoms with Crippen LogP contribution in [-0.2, 0) is 6.42 Å². The molecule has 0 aliphatic carbocycles. The molecule has 0 aliphatic rings. The molecule has 0 radical (unpaired) electrons. The minimum absolute atomic E-state index is 0.348. The predicted molar refractivity (Wildman–Crippen MR) is 64.2 cm³/mol. The highest BCUT2D eigenvalue weighted by Gasteiger charge is 2.02. The topological polar surface area (TPSA) is 32.3 Å². The zero-order chi connectivity index (χ0) is 11.1. The van der Waals surface area contributed by atoms with Gasteiger partial charge in [-0.05, 0) is 50.4 Å². The number of benzene rings is 1. The van der Waals surface area contributed by atoms with Gasteiger partial charge in [-0.1, -0.05) is 19.1 Å². The average Bonchev–Trinajstić information content (AvgIpc) is 2.27. The van der Waals surface area contributed by atoms with Crippen LogP contribution in [0.15, 0.2) is 24.3 Å². The third-order valence-corrected chi connectivity index (χ3v) is 2.86. The molecule has 2 heteroatoms. The van der Waals surface area contributed by atoms with E-state index in [1.54, 1.807) is 12.1 Å². The quantitative estimate of drug-likeness (QED) is 0.751. The number of aryl methyl sites for hydroxylation is 1. The van der Waals surface area contributed by atoms with Crippen LogP contribution in [0.5, 0.6) is 5.75 Å². The Bertz CT molecular complexity index is 264. The maximum absolute atomic E-state index is 9.14. The van der Waals surface area contributed by atoms with Gasteiger partial charge in [0.2, 0.25) is 0 Å². The van der Waals surface area contributed by atoms with Crippen LogP contribution in [0.2, 0.25) is 0 Å². The summed E-state index contributed by atoms with van der Waals surface area (Å²) in [5.74, 6) is 0.348. The lowest BCUT2D eigenvalue weighted by molar-refractivity contribution is 0.474. The molecule has 0 fully saturated rings. The highest BCUT2D eigenvalue weighted by molar-refractivity contribution is 5.25. The highest BCUT2D eigenvalue weighted by Crippen LogP contribution is 2.12. The maximum Gasteiger partial charge on any atom is 0.115 e. The largest absolute Gasteiger partial charge is 0.508 e. The van der Waals surface area contributed by atoms with Crippen molar-refractivity contribution in [3.8, 4) is 5.75 Å². The molecule has 0 aliphatic heterocycles. The van der Waals surface area contributed by atoms with Crippen LogP contribution in [-0.4, -0.2) is 18.2 Å². The number of rotatable bonds is 6. The minimum Gasteiger partial charge on any atom is -0.508 e. The fraction of sp³-hybridized carbons (Fsp3) is 0.538. The normalized spacial score (nSPS) is 12.7. The molecule has 1 aromatic rings. The molecule has 0 saturated carbocycles. The van der Waals surface area contributed by atoms with E-state index in [0.29, 0.717) is 11.8 Å². The minimum atomic E-state index is 0.348. The van der Waals surface area contributed by atoms with Gasteiger partial charge in [0, 0.05) is 6.04 Å². The first-order valence-corrected chi connectivity index (χ1v) is 5.71. The summed E-state index contributed by atoms with van der Waals surface area (Å²) < 4.78 is 0. The van der Waals surface area contributed by atoms with E-state index in [0.717, 1.165) is 6.42 Å². The van der Waals surface area contributed by atoms with Crippen molar-refractivity contribution in [3.05, 3.63) is 29.8 Å². The third-order valence-electron chi connectivity index (χ3n) is 2.86. The number of hydrogen-bond donors (Lipinski definition) is 2. The van der Waals surface area contributed by atoms with E-state index < -0.39 is 0 Å². The maximum atomic E-state index is 9.14. The molecule has 2 N–H and O–H groups in total. The second-order valence-electron chi connectivity index (χ2n) is 3.95. The molecule has 1 atom stereocenters. The fourth-order valence-electron chi connectivity index (χ4n) is 1.77. The second kappa shape index (κ2) is 6.46. The SMILES string of the molecule is CCC(CCCc1ccc(O)cc1)NC. The van der Waals surface area contributed by atoms with Crippen molar-refractivity contribution in [2.45, 2.75) is 38.6 Å². The smallest absolute Gasteiger partial charge is 0.115 e. The van der Waals surface area contributed by atoms with Crippen LogP contribution in [0.1, 0.15) is 31.7 Å². The van der Waals surface area contributed by atoms with Crippen molar-refractivity contribution in [1.29, 1.82) is 0 Å². The number of nitrogens with one attached hydrogen (secondary N) is 1. The lowest BCUT2D eigenvalue weighted by atomic mass is 10.0. The molecular formula is C13H21NO. The summed E-state index contributed by atoms with van der Waals surface area (Å²) in [6.07, 6.45) is 4.70. The van der Waals surface area contributed by atoms with Gasteiger partial charge >= 0.3 is 0 Å². The van der Waals surface area contributed by atoms with Crippen molar-refractivity contribution >= 4 is 0 Å². The Morgan fingerprint density at radius 3 is 2.47 bits per heavy atom. The Hall–Kier alpha value is -1.02. The molecule has 0 aromatic heterocycles. The first-order valence-electron chi connectivity index (χ1n) is 5.71. The van der Waals surface area contributed by atoms with E-state index in [9.17, 15) is 0 Å². The summed E-state index contributed by atoms with van der Waals surface area (Å²) in [5.41, 5.74) is 1.30. The molecular weight excluding hydrogens is 186 g/mol. The van der Waals surface area contributed by atoms with Crippen molar-refractivity contribution < 1.29 is 5.11 Å². The van der Waals surface area contributed by atoms with Crippen molar-refractivity contribution in [2.24, 2.45) is 0 Å². The van der Waals surface area contributed by atoms with Gasteiger partial charge in [-0.2, -0.15) is 0 Å². The van der Waals surface area contributed by atoms with Crippen molar-refractivity contribution in [3.63, 3.8) is 0 Å². The van der Waals surface area contributed by atoms with E-state index in [2.05, 4.69) is 12.2 Å². The number of phenolic OH excluding ortho intramolecular Hbond substituents is 1. The Labute approximate surface area is 92.3 Å². The summed E-state index contributed by atoms with van der Waals surface area (Å²) >= 11 is 0. The summed E-state index contributed by atoms with van der Waals surface area (Å²) in [7, 11) is 2.02. The van der Waals surface area contributed by atoms with Gasteiger partial charge in [-0.25, -0.2) is 0 Å². The van der Waals surface area contributed by atoms with Gasteiger partial charge in [-0.3, -0.25) is 0 Å². The van der Waals surface area contributed by atoms with Gasteiger partial charge in [-0.15, -0.1) is 0 Å². The lowest BCUT2D eigenvalue weighted by Crippen LogP contribution is -2.23. The van der Waals surface area contributed by atoms with Gasteiger partial charge in [0.1, 0.15) is 5.75 Å². The molecule has 0 saturated heterocycles. The molecule has 1 rings (SSSR count). The Morgan fingerprint density at radius 2 is 1.93 bits per heavy atom. The average molecular weight is 207 g/mol. The monoisotopic (exact) mass is 207 g/mol. The third kappa shape index (κ3) is 4.34. The number of hydrogen-bond acceptors (Lipinski definition) is 2. The van der Waals surface area contributed by atoms with Gasteiger partial charge < -0.3 is 10.4 Å². The summed E-state index contributed by atoms with van der Waals surface area (Å²) in [5, 5.41) is 12.4. The highest BCUT2D eigenvalue weighted by atomic mass is 16.3. The molecule has 84 valence electrons. The first-order chi connectivity index (χ1) is 7.26. The molecule has 15 heavy (non-hydrogen) atoms. The van der Waals surface area contributed by atoms with E-state index in [1.807, 2.05) is 19.2 Å². The number of phenols is 1. The summed E-state index contributed by atoms with van der Waals surface area (Å²) in [4.78, 5) is 0. The van der Waals surface area contributed by atoms with Gasteiger partial charge in [0.25, 0.3) is 0 Å². The molecule has 0 spiro atoms. The first kappa shape index (κ1) is 12.1. The van der Waals surface area contributed by atoms with Crippen LogP contribution in [0.4, 0.5) is 0 Å². The second-order valence-corrected chi connectivity index (χ2v) is 3.95. The van der Waals surface area contributed by atoms with Crippen LogP contribution in [0.25, 0.3) is 0 Å². The van der Waals surface area contributed by atoms with Crippen LogP contribution in [0, 0.1) is 0 Å². The van der Waals surface area contributed by atoms with Crippen LogP contribution < -0.4 is 5.32 Å². The lowest BCUT2D eigenvalue weighted by Gasteiger charge is -2.13. The van der Waals surface area contributed by atoms with Crippen molar-refractivity contribution in [2.75, 3.05) is 7.05 Å². The molecule has 1 aromatic carbocycles. The number of aromatic hydroxyl groups is 1. The van der Waals surface area contributed by atoms with E-state index in [1.165, 1.54) is 24.8 Å². The summed E-state index contributed by atoms with van der Waals surface area (Å²) in [6, 6.07) is 8.14. The van der Waals surface area contributed by atoms with E-state index in [4.69, 9.17) is 5.11 Å². The zero-order valence-electron chi connectivity index (χ0n) is 9.66. The molecule has 0 bridgehead atoms. The van der Waals surface area contributed by atoms with Crippen LogP contribution in [0.3, 0.4) is 0 Å². The van der Waals surface area contributed by atoms with Crippen LogP contribution >= 0.6 is 0 Å². The van der Waals surface area contributed by atoms with Gasteiger partial charge in [0.05, 0.1) is 0 Å². The fourth-order valence-corrected chi connectivity index (χ4v) is 1.77. The molecule has 1 unspecified atom stereocenters. The van der Waals surface area contributed by atoms with Gasteiger partial charge in [0.15, 0.2) is 0 Å². The molecule has 0 heterocycles. The van der Waals surface area contributed by atoms with Crippen molar-refractivity contribution in [1.82, 2.24) is 5.32 Å². The molecule has 2 nitrogen and oxygen atoms in total. The predicted octanol–water partition coefficient (Wildman–Crippen LogP) is 2.71. The molecule has 0 amide bonds. The zero-order valence-corrected chi connectivity index (χ0v) is 9.66. The van der Waals surface area contributed by atoms with E-state index in [-0.39, 0.29) is 0 Å². The Balaban J connectivity index is 2.28. The Morgan fingerprint density at radius 1 is 1.27 bits per heavy atom. The summed E-state index contributed by atoms with van der Waals surface area (Å²) in [6.45, 7) is 2.21. The standard InChI is InChI=1S/C13H21NO/c1-3-12(14-2)6-4-5-11-7-9-13(15)10-8-11/h7-10,12,14-15H,3-6H2,1-2H3.